The quantitative estimate of drug-likeness (QED) is 0.744. The molecule has 5 nitrogen and oxygen atoms in total. The summed E-state index contributed by atoms with van der Waals surface area (Å²) in [4.78, 5) is 25.0. The van der Waals surface area contributed by atoms with Crippen LogP contribution in [-0.4, -0.2) is 28.5 Å². The minimum Gasteiger partial charge on any atom is -0.481 e. The van der Waals surface area contributed by atoms with Crippen LogP contribution in [0, 0.1) is 0 Å². The lowest BCUT2D eigenvalue weighted by Gasteiger charge is -2.03. The van der Waals surface area contributed by atoms with Crippen molar-refractivity contribution in [2.75, 3.05) is 6.54 Å². The van der Waals surface area contributed by atoms with Crippen LogP contribution in [-0.2, 0) is 4.79 Å². The van der Waals surface area contributed by atoms with Gasteiger partial charge < -0.3 is 15.4 Å². The number of aromatic nitrogens is 1. The van der Waals surface area contributed by atoms with E-state index in [4.69, 9.17) is 5.11 Å². The van der Waals surface area contributed by atoms with Gasteiger partial charge in [0.05, 0.1) is 6.42 Å². The van der Waals surface area contributed by atoms with Gasteiger partial charge in [-0.3, -0.25) is 9.59 Å². The van der Waals surface area contributed by atoms with Crippen molar-refractivity contribution in [1.29, 1.82) is 0 Å². The molecule has 0 aliphatic rings. The first-order valence-corrected chi connectivity index (χ1v) is 5.24. The highest BCUT2D eigenvalue weighted by molar-refractivity contribution is 5.98. The molecule has 0 saturated heterocycles. The van der Waals surface area contributed by atoms with Gasteiger partial charge >= 0.3 is 5.97 Å². The number of aliphatic carboxylic acids is 1. The third kappa shape index (κ3) is 2.63. The molecule has 0 fully saturated rings. The zero-order valence-electron chi connectivity index (χ0n) is 9.06. The summed E-state index contributed by atoms with van der Waals surface area (Å²) in [5, 5.41) is 12.0. The Bertz CT molecular complexity index is 560. The van der Waals surface area contributed by atoms with Crippen LogP contribution in [0.3, 0.4) is 0 Å². The summed E-state index contributed by atoms with van der Waals surface area (Å²) in [6, 6.07) is 7.17. The Morgan fingerprint density at radius 1 is 1.29 bits per heavy atom. The molecule has 1 heterocycles. The Kier molecular flexibility index (Phi) is 3.09. The van der Waals surface area contributed by atoms with Gasteiger partial charge in [-0.1, -0.05) is 0 Å². The minimum atomic E-state index is -0.925. The fourth-order valence-corrected chi connectivity index (χ4v) is 1.58. The third-order valence-electron chi connectivity index (χ3n) is 2.44. The fraction of sp³-hybridized carbons (Fsp3) is 0.167. The summed E-state index contributed by atoms with van der Waals surface area (Å²) < 4.78 is 0. The van der Waals surface area contributed by atoms with Gasteiger partial charge in [0.15, 0.2) is 0 Å². The van der Waals surface area contributed by atoms with E-state index in [0.717, 1.165) is 10.9 Å². The lowest BCUT2D eigenvalue weighted by atomic mass is 10.1. The van der Waals surface area contributed by atoms with Gasteiger partial charge in [-0.05, 0) is 24.3 Å². The largest absolute Gasteiger partial charge is 0.481 e. The number of rotatable bonds is 4. The zero-order valence-corrected chi connectivity index (χ0v) is 9.06. The number of fused-ring (bicyclic) bond motifs is 1. The Morgan fingerprint density at radius 2 is 2.12 bits per heavy atom. The molecule has 1 aromatic carbocycles. The number of hydrogen-bond donors (Lipinski definition) is 3. The number of aromatic amines is 1. The topological polar surface area (TPSA) is 82.2 Å². The van der Waals surface area contributed by atoms with E-state index in [9.17, 15) is 9.59 Å². The summed E-state index contributed by atoms with van der Waals surface area (Å²) >= 11 is 0. The van der Waals surface area contributed by atoms with Gasteiger partial charge in [0.2, 0.25) is 0 Å². The third-order valence-corrected chi connectivity index (χ3v) is 2.44. The van der Waals surface area contributed by atoms with Crippen molar-refractivity contribution in [1.82, 2.24) is 10.3 Å². The van der Waals surface area contributed by atoms with E-state index in [2.05, 4.69) is 10.3 Å². The minimum absolute atomic E-state index is 0.0713. The fourth-order valence-electron chi connectivity index (χ4n) is 1.58. The summed E-state index contributed by atoms with van der Waals surface area (Å²) in [5.41, 5.74) is 1.49. The van der Waals surface area contributed by atoms with Crippen LogP contribution in [0.15, 0.2) is 30.5 Å². The molecule has 0 radical (unpaired) electrons. The normalized spacial score (nSPS) is 10.4. The summed E-state index contributed by atoms with van der Waals surface area (Å²) in [5.74, 6) is -1.18. The number of amides is 1. The van der Waals surface area contributed by atoms with Crippen molar-refractivity contribution in [2.45, 2.75) is 6.42 Å². The van der Waals surface area contributed by atoms with Crippen LogP contribution in [0.4, 0.5) is 0 Å². The molecule has 0 bridgehead atoms. The first-order valence-electron chi connectivity index (χ1n) is 5.24. The van der Waals surface area contributed by atoms with Gasteiger partial charge in [0, 0.05) is 29.2 Å². The second-order valence-corrected chi connectivity index (χ2v) is 3.68. The van der Waals surface area contributed by atoms with E-state index in [0.29, 0.717) is 5.56 Å². The maximum Gasteiger partial charge on any atom is 0.305 e. The van der Waals surface area contributed by atoms with E-state index in [1.54, 1.807) is 18.3 Å². The average Bonchev–Trinajstić information content (AvgIpc) is 2.75. The van der Waals surface area contributed by atoms with Crippen molar-refractivity contribution in [3.8, 4) is 0 Å². The van der Waals surface area contributed by atoms with E-state index in [1.165, 1.54) is 0 Å². The van der Waals surface area contributed by atoms with Crippen LogP contribution in [0.1, 0.15) is 16.8 Å². The number of benzene rings is 1. The monoisotopic (exact) mass is 232 g/mol. The maximum atomic E-state index is 11.7. The number of carboxylic acid groups (broad SMARTS) is 1. The van der Waals surface area contributed by atoms with Crippen LogP contribution in [0.5, 0.6) is 0 Å². The molecule has 0 unspecified atom stereocenters. The summed E-state index contributed by atoms with van der Waals surface area (Å²) in [6.45, 7) is 0.138. The van der Waals surface area contributed by atoms with Crippen molar-refractivity contribution in [2.24, 2.45) is 0 Å². The summed E-state index contributed by atoms with van der Waals surface area (Å²) in [6.07, 6.45) is 1.73. The Balaban J connectivity index is 2.05. The zero-order chi connectivity index (χ0) is 12.3. The molecular weight excluding hydrogens is 220 g/mol. The lowest BCUT2D eigenvalue weighted by Crippen LogP contribution is -2.25. The molecule has 2 rings (SSSR count). The number of nitrogens with one attached hydrogen (secondary N) is 2. The van der Waals surface area contributed by atoms with Crippen LogP contribution in [0.2, 0.25) is 0 Å². The Labute approximate surface area is 97.4 Å². The van der Waals surface area contributed by atoms with Crippen molar-refractivity contribution in [3.63, 3.8) is 0 Å². The molecule has 17 heavy (non-hydrogen) atoms. The van der Waals surface area contributed by atoms with Gasteiger partial charge in [0.25, 0.3) is 5.91 Å². The van der Waals surface area contributed by atoms with E-state index >= 15 is 0 Å². The molecule has 0 saturated carbocycles. The van der Waals surface area contributed by atoms with Crippen molar-refractivity contribution < 1.29 is 14.7 Å². The number of hydrogen-bond acceptors (Lipinski definition) is 2. The highest BCUT2D eigenvalue weighted by atomic mass is 16.4. The molecule has 0 atom stereocenters. The lowest BCUT2D eigenvalue weighted by molar-refractivity contribution is -0.136. The molecule has 0 aliphatic heterocycles. The second kappa shape index (κ2) is 4.69. The first-order chi connectivity index (χ1) is 8.16. The molecule has 3 N–H and O–H groups in total. The molecule has 0 spiro atoms. The summed E-state index contributed by atoms with van der Waals surface area (Å²) in [7, 11) is 0. The second-order valence-electron chi connectivity index (χ2n) is 3.68. The molecule has 2 aromatic rings. The average molecular weight is 232 g/mol. The molecule has 5 heteroatoms. The number of carboxylic acids is 1. The number of carbonyl (C=O) groups excluding carboxylic acids is 1. The predicted molar refractivity (Wildman–Crippen MR) is 62.9 cm³/mol. The van der Waals surface area contributed by atoms with Gasteiger partial charge in [-0.15, -0.1) is 0 Å². The van der Waals surface area contributed by atoms with Gasteiger partial charge in [0.1, 0.15) is 0 Å². The smallest absolute Gasteiger partial charge is 0.305 e. The SMILES string of the molecule is O=C(O)CCNC(=O)c1ccc2[nH]ccc2c1. The highest BCUT2D eigenvalue weighted by Gasteiger charge is 2.06. The molecular formula is C12H12N2O3. The van der Waals surface area contributed by atoms with Gasteiger partial charge in [-0.25, -0.2) is 0 Å². The van der Waals surface area contributed by atoms with E-state index < -0.39 is 5.97 Å². The molecule has 88 valence electrons. The van der Waals surface area contributed by atoms with Crippen molar-refractivity contribution >= 4 is 22.8 Å². The Hall–Kier alpha value is -2.30. The standard InChI is InChI=1S/C12H12N2O3/c15-11(16)4-6-14-12(17)9-1-2-10-8(7-9)3-5-13-10/h1-3,5,7,13H,4,6H2,(H,14,17)(H,15,16). The van der Waals surface area contributed by atoms with Crippen molar-refractivity contribution in [3.05, 3.63) is 36.0 Å². The molecule has 0 aliphatic carbocycles. The molecule has 1 aromatic heterocycles. The number of carbonyl (C=O) groups is 2. The van der Waals surface area contributed by atoms with Crippen LogP contribution in [0.25, 0.3) is 10.9 Å². The first kappa shape index (κ1) is 11.2. The predicted octanol–water partition coefficient (Wildman–Crippen LogP) is 1.37. The van der Waals surface area contributed by atoms with E-state index in [-0.39, 0.29) is 18.9 Å². The van der Waals surface area contributed by atoms with E-state index in [1.807, 2.05) is 12.1 Å². The highest BCUT2D eigenvalue weighted by Crippen LogP contribution is 2.14. The number of H-pyrrole nitrogens is 1. The van der Waals surface area contributed by atoms with Crippen LogP contribution >= 0.6 is 0 Å². The van der Waals surface area contributed by atoms with Crippen LogP contribution < -0.4 is 5.32 Å². The Morgan fingerprint density at radius 3 is 2.88 bits per heavy atom. The molecule has 1 amide bonds. The van der Waals surface area contributed by atoms with Gasteiger partial charge in [-0.2, -0.15) is 0 Å². The maximum absolute atomic E-state index is 11.7.